The zero-order chi connectivity index (χ0) is 21.3. The Morgan fingerprint density at radius 2 is 2.07 bits per heavy atom. The predicted molar refractivity (Wildman–Crippen MR) is 118 cm³/mol. The summed E-state index contributed by atoms with van der Waals surface area (Å²) in [7, 11) is 1.66. The maximum Gasteiger partial charge on any atom is 0.261 e. The standard InChI is InChI=1S/C22H27N5O2S/c1-14-24-15(2)27(25-14)12-10-20(28)26-11-6-7-16(26)13-18-17-8-4-5-9-19(17)30-21(18)22(29)23-3/h4-5,8-9,16H,6-7,10-13H2,1-3H3,(H,23,29)/t16-/m1/s1. The Hall–Kier alpha value is -2.74. The summed E-state index contributed by atoms with van der Waals surface area (Å²) < 4.78 is 2.91. The van der Waals surface area contributed by atoms with Crippen molar-refractivity contribution in [3.63, 3.8) is 0 Å². The summed E-state index contributed by atoms with van der Waals surface area (Å²) in [4.78, 5) is 32.6. The van der Waals surface area contributed by atoms with E-state index in [0.29, 0.717) is 19.4 Å². The predicted octanol–water partition coefficient (Wildman–Crippen LogP) is 3.09. The maximum absolute atomic E-state index is 13.0. The third-order valence-corrected chi connectivity index (χ3v) is 6.98. The molecular formula is C22H27N5O2S. The van der Waals surface area contributed by atoms with E-state index in [2.05, 4.69) is 27.5 Å². The normalized spacial score (nSPS) is 16.4. The fourth-order valence-corrected chi connectivity index (χ4v) is 5.51. The van der Waals surface area contributed by atoms with Crippen molar-refractivity contribution < 1.29 is 9.59 Å². The fraction of sp³-hybridized carbons (Fsp3) is 0.455. The average Bonchev–Trinajstić information content (AvgIpc) is 3.43. The molecule has 1 N–H and O–H groups in total. The van der Waals surface area contributed by atoms with Gasteiger partial charge in [-0.05, 0) is 50.1 Å². The number of thiophene rings is 1. The molecule has 0 spiro atoms. The molecule has 0 radical (unpaired) electrons. The van der Waals surface area contributed by atoms with Crippen molar-refractivity contribution in [2.45, 2.75) is 52.1 Å². The smallest absolute Gasteiger partial charge is 0.261 e. The van der Waals surface area contributed by atoms with Gasteiger partial charge >= 0.3 is 0 Å². The summed E-state index contributed by atoms with van der Waals surface area (Å²) >= 11 is 1.53. The monoisotopic (exact) mass is 425 g/mol. The number of aromatic nitrogens is 3. The molecule has 7 nitrogen and oxygen atoms in total. The quantitative estimate of drug-likeness (QED) is 0.658. The summed E-state index contributed by atoms with van der Waals surface area (Å²) in [6.07, 6.45) is 3.08. The van der Waals surface area contributed by atoms with Gasteiger partial charge in [0.1, 0.15) is 11.6 Å². The lowest BCUT2D eigenvalue weighted by atomic mass is 10.00. The first kappa shape index (κ1) is 20.5. The van der Waals surface area contributed by atoms with E-state index in [1.165, 1.54) is 11.3 Å². The van der Waals surface area contributed by atoms with Gasteiger partial charge in [0.05, 0.1) is 11.4 Å². The first-order valence-corrected chi connectivity index (χ1v) is 11.2. The molecule has 0 unspecified atom stereocenters. The van der Waals surface area contributed by atoms with Crippen LogP contribution < -0.4 is 5.32 Å². The third-order valence-electron chi connectivity index (χ3n) is 5.77. The lowest BCUT2D eigenvalue weighted by molar-refractivity contribution is -0.132. The number of benzene rings is 1. The van der Waals surface area contributed by atoms with E-state index in [1.807, 2.05) is 30.9 Å². The Balaban J connectivity index is 1.52. The number of fused-ring (bicyclic) bond motifs is 1. The molecule has 1 atom stereocenters. The highest BCUT2D eigenvalue weighted by atomic mass is 32.1. The number of amides is 2. The van der Waals surface area contributed by atoms with E-state index in [4.69, 9.17) is 0 Å². The topological polar surface area (TPSA) is 80.1 Å². The molecule has 1 aliphatic rings. The Morgan fingerprint density at radius 3 is 2.80 bits per heavy atom. The number of rotatable bonds is 6. The van der Waals surface area contributed by atoms with Gasteiger partial charge in [0.2, 0.25) is 5.91 Å². The molecule has 1 fully saturated rings. The van der Waals surface area contributed by atoms with Gasteiger partial charge in [-0.15, -0.1) is 11.3 Å². The van der Waals surface area contributed by atoms with E-state index in [9.17, 15) is 9.59 Å². The number of aryl methyl sites for hydroxylation is 3. The van der Waals surface area contributed by atoms with Gasteiger partial charge in [-0.3, -0.25) is 9.59 Å². The van der Waals surface area contributed by atoms with Crippen LogP contribution in [0.15, 0.2) is 24.3 Å². The Bertz CT molecular complexity index is 1090. The van der Waals surface area contributed by atoms with E-state index in [-0.39, 0.29) is 17.9 Å². The molecule has 2 aromatic heterocycles. The molecule has 1 aliphatic heterocycles. The largest absolute Gasteiger partial charge is 0.354 e. The number of hydrogen-bond donors (Lipinski definition) is 1. The molecule has 0 bridgehead atoms. The van der Waals surface area contributed by atoms with Crippen LogP contribution in [-0.4, -0.2) is 51.1 Å². The van der Waals surface area contributed by atoms with Crippen LogP contribution in [0.1, 0.15) is 46.1 Å². The molecular weight excluding hydrogens is 398 g/mol. The molecule has 3 heterocycles. The highest BCUT2D eigenvalue weighted by Gasteiger charge is 2.31. The molecule has 0 aliphatic carbocycles. The average molecular weight is 426 g/mol. The second-order valence-corrected chi connectivity index (χ2v) is 8.80. The van der Waals surface area contributed by atoms with E-state index in [0.717, 1.165) is 51.6 Å². The van der Waals surface area contributed by atoms with Crippen molar-refractivity contribution in [2.24, 2.45) is 0 Å². The number of likely N-dealkylation sites (tertiary alicyclic amines) is 1. The van der Waals surface area contributed by atoms with Gasteiger partial charge < -0.3 is 10.2 Å². The maximum atomic E-state index is 13.0. The first-order valence-electron chi connectivity index (χ1n) is 10.4. The molecule has 30 heavy (non-hydrogen) atoms. The van der Waals surface area contributed by atoms with Crippen LogP contribution in [0.25, 0.3) is 10.1 Å². The lowest BCUT2D eigenvalue weighted by Gasteiger charge is -2.25. The molecule has 1 saturated heterocycles. The molecule has 4 rings (SSSR count). The number of carbonyl (C=O) groups excluding carboxylic acids is 2. The Labute approximate surface area is 180 Å². The van der Waals surface area contributed by atoms with Crippen LogP contribution in [0.4, 0.5) is 0 Å². The van der Waals surface area contributed by atoms with Gasteiger partial charge in [0.15, 0.2) is 0 Å². The van der Waals surface area contributed by atoms with Crippen molar-refractivity contribution in [1.82, 2.24) is 25.0 Å². The summed E-state index contributed by atoms with van der Waals surface area (Å²) in [6, 6.07) is 8.25. The fourth-order valence-electron chi connectivity index (χ4n) is 4.33. The summed E-state index contributed by atoms with van der Waals surface area (Å²) in [5, 5.41) is 8.24. The third kappa shape index (κ3) is 3.96. The second-order valence-electron chi connectivity index (χ2n) is 7.75. The zero-order valence-electron chi connectivity index (χ0n) is 17.6. The molecule has 0 saturated carbocycles. The Kier molecular flexibility index (Phi) is 5.85. The highest BCUT2D eigenvalue weighted by molar-refractivity contribution is 7.21. The van der Waals surface area contributed by atoms with Gasteiger partial charge in [-0.1, -0.05) is 18.2 Å². The van der Waals surface area contributed by atoms with Gasteiger partial charge in [0, 0.05) is 30.8 Å². The van der Waals surface area contributed by atoms with E-state index in [1.54, 1.807) is 11.7 Å². The summed E-state index contributed by atoms with van der Waals surface area (Å²) in [5.74, 6) is 1.65. The second kappa shape index (κ2) is 8.55. The minimum Gasteiger partial charge on any atom is -0.354 e. The van der Waals surface area contributed by atoms with Crippen molar-refractivity contribution in [1.29, 1.82) is 0 Å². The van der Waals surface area contributed by atoms with Crippen LogP contribution in [0.3, 0.4) is 0 Å². The van der Waals surface area contributed by atoms with Crippen molar-refractivity contribution in [3.05, 3.63) is 46.4 Å². The molecule has 8 heteroatoms. The zero-order valence-corrected chi connectivity index (χ0v) is 18.5. The number of carbonyl (C=O) groups is 2. The van der Waals surface area contributed by atoms with Crippen LogP contribution >= 0.6 is 11.3 Å². The molecule has 158 valence electrons. The van der Waals surface area contributed by atoms with Gasteiger partial charge in [-0.25, -0.2) is 9.67 Å². The molecule has 1 aromatic carbocycles. The minimum absolute atomic E-state index is 0.0564. The van der Waals surface area contributed by atoms with Gasteiger partial charge in [-0.2, -0.15) is 5.10 Å². The summed E-state index contributed by atoms with van der Waals surface area (Å²) in [5.41, 5.74) is 1.06. The van der Waals surface area contributed by atoms with Crippen LogP contribution in [0.5, 0.6) is 0 Å². The summed E-state index contributed by atoms with van der Waals surface area (Å²) in [6.45, 7) is 5.08. The van der Waals surface area contributed by atoms with Crippen molar-refractivity contribution in [3.8, 4) is 0 Å². The van der Waals surface area contributed by atoms with Crippen LogP contribution in [0, 0.1) is 13.8 Å². The van der Waals surface area contributed by atoms with Crippen molar-refractivity contribution >= 4 is 33.2 Å². The van der Waals surface area contributed by atoms with Gasteiger partial charge in [0.25, 0.3) is 5.91 Å². The Morgan fingerprint density at radius 1 is 1.27 bits per heavy atom. The SMILES string of the molecule is CNC(=O)c1sc2ccccc2c1C[C@H]1CCCN1C(=O)CCn1nc(C)nc1C. The molecule has 3 aromatic rings. The van der Waals surface area contributed by atoms with Crippen LogP contribution in [-0.2, 0) is 17.8 Å². The highest BCUT2D eigenvalue weighted by Crippen LogP contribution is 2.34. The van der Waals surface area contributed by atoms with E-state index < -0.39 is 0 Å². The number of nitrogens with zero attached hydrogens (tertiary/aromatic N) is 4. The first-order chi connectivity index (χ1) is 14.5. The van der Waals surface area contributed by atoms with Crippen molar-refractivity contribution in [2.75, 3.05) is 13.6 Å². The number of hydrogen-bond acceptors (Lipinski definition) is 5. The van der Waals surface area contributed by atoms with Crippen LogP contribution in [0.2, 0.25) is 0 Å². The minimum atomic E-state index is -0.0564. The number of nitrogens with one attached hydrogen (secondary N) is 1. The lowest BCUT2D eigenvalue weighted by Crippen LogP contribution is -2.37. The molecule has 2 amide bonds. The van der Waals surface area contributed by atoms with E-state index >= 15 is 0 Å².